The summed E-state index contributed by atoms with van der Waals surface area (Å²) in [6.45, 7) is 0. The van der Waals surface area contributed by atoms with Crippen molar-refractivity contribution in [3.63, 3.8) is 0 Å². The van der Waals surface area contributed by atoms with Gasteiger partial charge in [-0.05, 0) is 0 Å². The van der Waals surface area contributed by atoms with Crippen molar-refractivity contribution in [1.82, 2.24) is 0 Å². The van der Waals surface area contributed by atoms with Crippen molar-refractivity contribution in [3.8, 4) is 0 Å². The summed E-state index contributed by atoms with van der Waals surface area (Å²) in [5, 5.41) is 0. The molecule has 16 valence electrons. The predicted molar refractivity (Wildman–Crippen MR) is 31.4 cm³/mol. The van der Waals surface area contributed by atoms with E-state index in [2.05, 4.69) is 0 Å². The third kappa shape index (κ3) is 18.2. The Morgan fingerprint density at radius 1 is 1.00 bits per heavy atom. The van der Waals surface area contributed by atoms with Crippen LogP contribution in [0.3, 0.4) is 0 Å². The average Bonchev–Trinajstić information content (AvgIpc) is 0. The average molecular weight is 244 g/mol. The SMILES string of the molecule is [LiH].[MgH2].[NaH].[SnH2].[Zn]. The molecule has 5 heteroatoms. The molecule has 0 rings (SSSR count). The van der Waals surface area contributed by atoms with Crippen molar-refractivity contribution in [2.45, 2.75) is 0 Å². The Bertz CT molecular complexity index is 11.6. The Labute approximate surface area is 112 Å². The minimum absolute atomic E-state index is 0. The summed E-state index contributed by atoms with van der Waals surface area (Å²) in [6.07, 6.45) is 0. The first-order valence-corrected chi connectivity index (χ1v) is 0. The van der Waals surface area contributed by atoms with Gasteiger partial charge >= 0.3 is 95.4 Å². The van der Waals surface area contributed by atoms with Crippen molar-refractivity contribution in [1.29, 1.82) is 0 Å². The summed E-state index contributed by atoms with van der Waals surface area (Å²) in [7, 11) is 0. The van der Waals surface area contributed by atoms with E-state index in [9.17, 15) is 0 Å². The molecule has 0 spiro atoms. The Morgan fingerprint density at radius 2 is 1.00 bits per heavy atom. The molecule has 0 nitrogen and oxygen atoms in total. The van der Waals surface area contributed by atoms with Gasteiger partial charge in [-0.15, -0.1) is 0 Å². The van der Waals surface area contributed by atoms with Gasteiger partial charge in [0.05, 0.1) is 0 Å². The normalized spacial score (nSPS) is 0. The molecular formula is H6LiMgNaSnZn. The molecule has 0 saturated carbocycles. The van der Waals surface area contributed by atoms with E-state index >= 15 is 0 Å². The molecule has 0 atom stereocenters. The van der Waals surface area contributed by atoms with Crippen LogP contribution in [-0.2, 0) is 19.5 Å². The van der Waals surface area contributed by atoms with E-state index in [0.29, 0.717) is 0 Å². The van der Waals surface area contributed by atoms with Crippen LogP contribution < -0.4 is 0 Å². The van der Waals surface area contributed by atoms with Gasteiger partial charge in [-0.25, -0.2) is 0 Å². The molecule has 0 fully saturated rings. The van der Waals surface area contributed by atoms with Crippen LogP contribution in [0.2, 0.25) is 0 Å². The maximum Gasteiger partial charge on any atom is 0 e. The minimum Gasteiger partial charge on any atom is 0 e. The molecule has 0 heterocycles. The second kappa shape index (κ2) is 25.0. The molecule has 2 radical (unpaired) electrons. The largest absolute Gasteiger partial charge is 0 e. The summed E-state index contributed by atoms with van der Waals surface area (Å²) in [6, 6.07) is 0. The second-order valence-corrected chi connectivity index (χ2v) is 0. The Balaban J connectivity index is 0. The molecule has 0 amide bonds. The first-order valence-electron chi connectivity index (χ1n) is 0. The Hall–Kier alpha value is 3.79. The molecule has 0 N–H and O–H groups in total. The van der Waals surface area contributed by atoms with Crippen molar-refractivity contribution in [2.24, 2.45) is 0 Å². The van der Waals surface area contributed by atoms with Crippen LogP contribution in [0.25, 0.3) is 0 Å². The Kier molecular flexibility index (Phi) is 186. The summed E-state index contributed by atoms with van der Waals surface area (Å²) < 4.78 is 0. The van der Waals surface area contributed by atoms with Crippen LogP contribution in [0.15, 0.2) is 0 Å². The van der Waals surface area contributed by atoms with Crippen molar-refractivity contribution in [3.05, 3.63) is 0 Å². The number of hydrogen-bond acceptors (Lipinski definition) is 0. The maximum atomic E-state index is 0. The number of rotatable bonds is 0. The van der Waals surface area contributed by atoms with Crippen LogP contribution in [0.4, 0.5) is 0 Å². The van der Waals surface area contributed by atoms with Crippen LogP contribution in [-0.4, -0.2) is 95.4 Å². The zero-order valence-corrected chi connectivity index (χ0v) is 8.42. The molecule has 0 aromatic carbocycles. The van der Waals surface area contributed by atoms with Gasteiger partial charge in [0, 0.05) is 19.5 Å². The van der Waals surface area contributed by atoms with Crippen LogP contribution >= 0.6 is 0 Å². The fourth-order valence-corrected chi connectivity index (χ4v) is 0. The molecule has 0 aliphatic rings. The van der Waals surface area contributed by atoms with E-state index in [0.717, 1.165) is 0 Å². The molecule has 0 bridgehead atoms. The van der Waals surface area contributed by atoms with Crippen LogP contribution in [0, 0.1) is 0 Å². The molecule has 5 heavy (non-hydrogen) atoms. The molecule has 0 unspecified atom stereocenters. The summed E-state index contributed by atoms with van der Waals surface area (Å²) in [4.78, 5) is 0. The fraction of sp³-hybridized carbons (Fsp3) is 0. The molecule has 0 aromatic rings. The van der Waals surface area contributed by atoms with Gasteiger partial charge < -0.3 is 0 Å². The first kappa shape index (κ1) is 37.2. The molecular weight excluding hydrogens is 238 g/mol. The van der Waals surface area contributed by atoms with E-state index in [4.69, 9.17) is 0 Å². The van der Waals surface area contributed by atoms with Gasteiger partial charge in [0.1, 0.15) is 0 Å². The topological polar surface area (TPSA) is 0 Å². The minimum atomic E-state index is 0. The third-order valence-electron chi connectivity index (χ3n) is 0. The Morgan fingerprint density at radius 3 is 1.00 bits per heavy atom. The van der Waals surface area contributed by atoms with Crippen molar-refractivity contribution >= 4 is 95.4 Å². The van der Waals surface area contributed by atoms with E-state index < -0.39 is 0 Å². The third-order valence-corrected chi connectivity index (χ3v) is 0. The summed E-state index contributed by atoms with van der Waals surface area (Å²) >= 11 is 0. The molecule has 0 aromatic heterocycles. The van der Waals surface area contributed by atoms with E-state index in [1.807, 2.05) is 0 Å². The zero-order chi connectivity index (χ0) is 0. The smallest absolute Gasteiger partial charge is 0 e. The van der Waals surface area contributed by atoms with Gasteiger partial charge in [-0.1, -0.05) is 0 Å². The monoisotopic (exact) mass is 244 g/mol. The van der Waals surface area contributed by atoms with E-state index in [1.165, 1.54) is 0 Å². The van der Waals surface area contributed by atoms with Gasteiger partial charge in [-0.2, -0.15) is 0 Å². The summed E-state index contributed by atoms with van der Waals surface area (Å²) in [5.41, 5.74) is 0. The maximum absolute atomic E-state index is 0. The van der Waals surface area contributed by atoms with Crippen LogP contribution in [0.1, 0.15) is 0 Å². The zero-order valence-electron chi connectivity index (χ0n) is 1.41. The predicted octanol–water partition coefficient (Wildman–Crippen LogP) is -3.13. The van der Waals surface area contributed by atoms with Gasteiger partial charge in [-0.3, -0.25) is 0 Å². The molecule has 0 aliphatic heterocycles. The summed E-state index contributed by atoms with van der Waals surface area (Å²) in [5.74, 6) is 0. The fourth-order valence-electron chi connectivity index (χ4n) is 0. The standard InChI is InChI=1S/Li.Mg.Na.Sn.Zn.6H. The van der Waals surface area contributed by atoms with Crippen molar-refractivity contribution in [2.75, 3.05) is 0 Å². The number of hydrogen-bond donors (Lipinski definition) is 0. The first-order chi connectivity index (χ1) is 0. The van der Waals surface area contributed by atoms with E-state index in [-0.39, 0.29) is 115 Å². The molecule has 0 aliphatic carbocycles. The second-order valence-electron chi connectivity index (χ2n) is 0. The van der Waals surface area contributed by atoms with E-state index in [1.54, 1.807) is 0 Å². The van der Waals surface area contributed by atoms with Gasteiger partial charge in [0.15, 0.2) is 0 Å². The van der Waals surface area contributed by atoms with Gasteiger partial charge in [0.2, 0.25) is 0 Å². The van der Waals surface area contributed by atoms with Crippen LogP contribution in [0.5, 0.6) is 0 Å². The van der Waals surface area contributed by atoms with Gasteiger partial charge in [0.25, 0.3) is 0 Å². The molecule has 0 saturated heterocycles. The van der Waals surface area contributed by atoms with Crippen molar-refractivity contribution < 1.29 is 19.5 Å². The quantitative estimate of drug-likeness (QED) is 0.395.